The minimum Gasteiger partial charge on any atom is -0.497 e. The second kappa shape index (κ2) is 8.50. The second-order valence-corrected chi connectivity index (χ2v) is 9.29. The molecule has 0 aliphatic carbocycles. The molecule has 0 saturated heterocycles. The first-order chi connectivity index (χ1) is 13.2. The molecule has 1 atom stereocenters. The van der Waals surface area contributed by atoms with Crippen molar-refractivity contribution < 1.29 is 9.53 Å². The molecule has 0 bridgehead atoms. The van der Waals surface area contributed by atoms with Crippen molar-refractivity contribution in [3.8, 4) is 5.75 Å². The SMILES string of the molecule is COc1ccc([C@@H]2CC(c3cccs3)=NN2C(=O)CSC2=NCCS2)cc1. The summed E-state index contributed by atoms with van der Waals surface area (Å²) in [6.07, 6.45) is 0.721. The molecule has 0 saturated carbocycles. The number of ether oxygens (including phenoxy) is 1. The molecule has 27 heavy (non-hydrogen) atoms. The maximum absolute atomic E-state index is 12.9. The molecule has 0 radical (unpaired) electrons. The van der Waals surface area contributed by atoms with Crippen molar-refractivity contribution >= 4 is 50.9 Å². The van der Waals surface area contributed by atoms with Crippen LogP contribution in [0, 0.1) is 0 Å². The van der Waals surface area contributed by atoms with E-state index in [0.29, 0.717) is 5.75 Å². The van der Waals surface area contributed by atoms with Gasteiger partial charge in [-0.05, 0) is 29.1 Å². The molecule has 2 aliphatic heterocycles. The zero-order chi connectivity index (χ0) is 18.6. The van der Waals surface area contributed by atoms with Crippen molar-refractivity contribution in [2.45, 2.75) is 12.5 Å². The molecule has 2 aliphatic rings. The largest absolute Gasteiger partial charge is 0.497 e. The summed E-state index contributed by atoms with van der Waals surface area (Å²) in [6, 6.07) is 11.9. The predicted molar refractivity (Wildman–Crippen MR) is 115 cm³/mol. The third-order valence-electron chi connectivity index (χ3n) is 4.35. The number of hydrogen-bond donors (Lipinski definition) is 0. The van der Waals surface area contributed by atoms with E-state index in [1.807, 2.05) is 35.7 Å². The highest BCUT2D eigenvalue weighted by Crippen LogP contribution is 2.35. The Hall–Kier alpha value is -1.77. The summed E-state index contributed by atoms with van der Waals surface area (Å²) >= 11 is 4.89. The van der Waals surface area contributed by atoms with E-state index in [9.17, 15) is 4.79 Å². The lowest BCUT2D eigenvalue weighted by atomic mass is 10.0. The fourth-order valence-corrected chi connectivity index (χ4v) is 5.59. The molecule has 2 aromatic rings. The van der Waals surface area contributed by atoms with Crippen LogP contribution in [0.1, 0.15) is 22.9 Å². The monoisotopic (exact) mass is 417 g/mol. The van der Waals surface area contributed by atoms with Crippen molar-refractivity contribution in [2.75, 3.05) is 25.2 Å². The molecular formula is C19H19N3O2S3. The van der Waals surface area contributed by atoms with Gasteiger partial charge in [0.15, 0.2) is 0 Å². The standard InChI is InChI=1S/C19H19N3O2S3/c1-24-14-6-4-13(5-7-14)16-11-15(17-3-2-9-25-17)21-22(16)18(23)12-27-19-20-8-10-26-19/h2-7,9,16H,8,10-12H2,1H3/t16-/m0/s1. The Bertz CT molecular complexity index is 863. The van der Waals surface area contributed by atoms with Crippen LogP contribution in [0.2, 0.25) is 0 Å². The molecule has 0 N–H and O–H groups in total. The highest BCUT2D eigenvalue weighted by Gasteiger charge is 2.33. The first-order valence-corrected chi connectivity index (χ1v) is 11.5. The van der Waals surface area contributed by atoms with E-state index < -0.39 is 0 Å². The molecule has 8 heteroatoms. The molecule has 3 heterocycles. The number of methoxy groups -OCH3 is 1. The average Bonchev–Trinajstić information content (AvgIpc) is 3.47. The molecule has 0 unspecified atom stereocenters. The van der Waals surface area contributed by atoms with Crippen molar-refractivity contribution in [3.63, 3.8) is 0 Å². The molecule has 1 aromatic heterocycles. The first-order valence-electron chi connectivity index (χ1n) is 8.62. The van der Waals surface area contributed by atoms with Gasteiger partial charge in [-0.3, -0.25) is 9.79 Å². The number of aliphatic imine (C=N–C) groups is 1. The van der Waals surface area contributed by atoms with Crippen LogP contribution in [-0.2, 0) is 4.79 Å². The van der Waals surface area contributed by atoms with Gasteiger partial charge in [0.05, 0.1) is 36.0 Å². The number of thiophene rings is 1. The van der Waals surface area contributed by atoms with Gasteiger partial charge in [-0.2, -0.15) is 5.10 Å². The van der Waals surface area contributed by atoms with Crippen molar-refractivity contribution in [1.29, 1.82) is 0 Å². The Morgan fingerprint density at radius 3 is 2.85 bits per heavy atom. The third kappa shape index (κ3) is 4.23. The van der Waals surface area contributed by atoms with Crippen LogP contribution < -0.4 is 4.74 Å². The molecule has 1 aromatic carbocycles. The first kappa shape index (κ1) is 18.6. The van der Waals surface area contributed by atoms with Gasteiger partial charge in [0.25, 0.3) is 5.91 Å². The van der Waals surface area contributed by atoms with E-state index in [1.165, 1.54) is 11.8 Å². The molecule has 140 valence electrons. The fraction of sp³-hybridized carbons (Fsp3) is 0.316. The van der Waals surface area contributed by atoms with Crippen LogP contribution in [0.5, 0.6) is 5.75 Å². The minimum absolute atomic E-state index is 0.0163. The van der Waals surface area contributed by atoms with Crippen LogP contribution in [0.25, 0.3) is 0 Å². The van der Waals surface area contributed by atoms with Crippen LogP contribution in [0.4, 0.5) is 0 Å². The number of nitrogens with zero attached hydrogens (tertiary/aromatic N) is 3. The average molecular weight is 418 g/mol. The number of carbonyl (C=O) groups is 1. The van der Waals surface area contributed by atoms with Gasteiger partial charge in [-0.1, -0.05) is 41.7 Å². The summed E-state index contributed by atoms with van der Waals surface area (Å²) in [7, 11) is 1.65. The normalized spacial score (nSPS) is 19.1. The van der Waals surface area contributed by atoms with Crippen molar-refractivity contribution in [3.05, 3.63) is 52.2 Å². The number of carbonyl (C=O) groups excluding carboxylic acids is 1. The van der Waals surface area contributed by atoms with Gasteiger partial charge < -0.3 is 4.74 Å². The summed E-state index contributed by atoms with van der Waals surface area (Å²) in [5.41, 5.74) is 2.04. The number of hydrogen-bond acceptors (Lipinski definition) is 7. The van der Waals surface area contributed by atoms with Gasteiger partial charge in [0, 0.05) is 12.2 Å². The minimum atomic E-state index is -0.0840. The van der Waals surface area contributed by atoms with Crippen LogP contribution in [0.3, 0.4) is 0 Å². The van der Waals surface area contributed by atoms with Gasteiger partial charge in [0.1, 0.15) is 10.1 Å². The van der Waals surface area contributed by atoms with Crippen molar-refractivity contribution in [1.82, 2.24) is 5.01 Å². The molecule has 0 spiro atoms. The molecular weight excluding hydrogens is 398 g/mol. The predicted octanol–water partition coefficient (Wildman–Crippen LogP) is 4.27. The summed E-state index contributed by atoms with van der Waals surface area (Å²) in [5, 5.41) is 8.39. The Kier molecular flexibility index (Phi) is 5.85. The molecule has 4 rings (SSSR count). The van der Waals surface area contributed by atoms with E-state index >= 15 is 0 Å². The highest BCUT2D eigenvalue weighted by atomic mass is 32.2. The van der Waals surface area contributed by atoms with Gasteiger partial charge in [0.2, 0.25) is 0 Å². The number of thioether (sulfide) groups is 2. The highest BCUT2D eigenvalue weighted by molar-refractivity contribution is 8.39. The Morgan fingerprint density at radius 1 is 1.33 bits per heavy atom. The lowest BCUT2D eigenvalue weighted by Crippen LogP contribution is -2.28. The Balaban J connectivity index is 1.55. The van der Waals surface area contributed by atoms with Gasteiger partial charge >= 0.3 is 0 Å². The maximum atomic E-state index is 12.9. The van der Waals surface area contributed by atoms with Crippen molar-refractivity contribution in [2.24, 2.45) is 10.1 Å². The van der Waals surface area contributed by atoms with Crippen LogP contribution in [-0.4, -0.2) is 46.2 Å². The number of benzene rings is 1. The second-order valence-electron chi connectivity index (χ2n) is 6.04. The summed E-state index contributed by atoms with van der Waals surface area (Å²) in [4.78, 5) is 18.5. The van der Waals surface area contributed by atoms with E-state index in [4.69, 9.17) is 9.84 Å². The number of hydrazone groups is 1. The maximum Gasteiger partial charge on any atom is 0.253 e. The van der Waals surface area contributed by atoms with E-state index in [-0.39, 0.29) is 11.9 Å². The van der Waals surface area contributed by atoms with Gasteiger partial charge in [-0.25, -0.2) is 5.01 Å². The Labute approximate surface area is 170 Å². The third-order valence-corrected chi connectivity index (χ3v) is 7.50. The summed E-state index contributed by atoms with van der Waals surface area (Å²) < 4.78 is 6.26. The number of rotatable bonds is 5. The summed E-state index contributed by atoms with van der Waals surface area (Å²) in [6.45, 7) is 0.847. The fourth-order valence-electron chi connectivity index (χ4n) is 3.01. The lowest BCUT2D eigenvalue weighted by molar-refractivity contribution is -0.130. The lowest BCUT2D eigenvalue weighted by Gasteiger charge is -2.22. The molecule has 0 fully saturated rings. The van der Waals surface area contributed by atoms with E-state index in [2.05, 4.69) is 11.1 Å². The topological polar surface area (TPSA) is 54.3 Å². The Morgan fingerprint density at radius 2 is 2.19 bits per heavy atom. The van der Waals surface area contributed by atoms with Crippen LogP contribution in [0.15, 0.2) is 51.9 Å². The summed E-state index contributed by atoms with van der Waals surface area (Å²) in [5.74, 6) is 2.19. The number of amides is 1. The van der Waals surface area contributed by atoms with Crippen LogP contribution >= 0.6 is 34.9 Å². The zero-order valence-corrected chi connectivity index (χ0v) is 17.3. The molecule has 1 amide bonds. The molecule has 5 nitrogen and oxygen atoms in total. The zero-order valence-electron chi connectivity index (χ0n) is 14.8. The van der Waals surface area contributed by atoms with Gasteiger partial charge in [-0.15, -0.1) is 11.3 Å². The van der Waals surface area contributed by atoms with E-state index in [1.54, 1.807) is 35.2 Å². The smallest absolute Gasteiger partial charge is 0.253 e. The van der Waals surface area contributed by atoms with E-state index in [0.717, 1.165) is 45.0 Å². The quantitative estimate of drug-likeness (QED) is 0.729.